The third-order valence-electron chi connectivity index (χ3n) is 4.27. The molecule has 3 nitrogen and oxygen atoms in total. The third-order valence-corrected chi connectivity index (χ3v) is 4.27. The van der Waals surface area contributed by atoms with Gasteiger partial charge in [0.15, 0.2) is 0 Å². The Morgan fingerprint density at radius 3 is 2.35 bits per heavy atom. The van der Waals surface area contributed by atoms with Crippen molar-refractivity contribution in [1.82, 2.24) is 10.3 Å². The van der Waals surface area contributed by atoms with E-state index < -0.39 is 0 Å². The Kier molecular flexibility index (Phi) is 6.56. The van der Waals surface area contributed by atoms with E-state index in [0.29, 0.717) is 5.92 Å². The molecule has 1 rings (SSSR count). The molecule has 0 bridgehead atoms. The number of aliphatic hydroxyl groups excluding tert-OH is 1. The Balaban J connectivity index is 2.80. The van der Waals surface area contributed by atoms with Gasteiger partial charge in [-0.05, 0) is 30.9 Å². The molecule has 0 fully saturated rings. The molecule has 0 aliphatic carbocycles. The zero-order valence-electron chi connectivity index (χ0n) is 13.0. The Morgan fingerprint density at radius 2 is 1.95 bits per heavy atom. The van der Waals surface area contributed by atoms with Crippen LogP contribution >= 0.6 is 0 Å². The van der Waals surface area contributed by atoms with Gasteiger partial charge in [-0.3, -0.25) is 4.98 Å². The zero-order chi connectivity index (χ0) is 15.2. The largest absolute Gasteiger partial charge is 0.396 e. The van der Waals surface area contributed by atoms with Crippen molar-refractivity contribution >= 4 is 0 Å². The quantitative estimate of drug-likeness (QED) is 0.769. The van der Waals surface area contributed by atoms with Gasteiger partial charge in [-0.25, -0.2) is 4.39 Å². The SMILES string of the molecule is CCC(CC)(CO)CNC(c1ccc(F)cn1)C(C)C. The van der Waals surface area contributed by atoms with E-state index in [0.717, 1.165) is 25.1 Å². The highest BCUT2D eigenvalue weighted by Crippen LogP contribution is 2.27. The van der Waals surface area contributed by atoms with Gasteiger partial charge < -0.3 is 10.4 Å². The lowest BCUT2D eigenvalue weighted by atomic mass is 9.82. The van der Waals surface area contributed by atoms with Crippen LogP contribution in [0.5, 0.6) is 0 Å². The average molecular weight is 282 g/mol. The van der Waals surface area contributed by atoms with Crippen LogP contribution < -0.4 is 5.32 Å². The van der Waals surface area contributed by atoms with Crippen molar-refractivity contribution in [2.24, 2.45) is 11.3 Å². The molecule has 20 heavy (non-hydrogen) atoms. The van der Waals surface area contributed by atoms with Crippen molar-refractivity contribution in [2.75, 3.05) is 13.2 Å². The molecule has 1 atom stereocenters. The van der Waals surface area contributed by atoms with E-state index in [-0.39, 0.29) is 23.9 Å². The van der Waals surface area contributed by atoms with Gasteiger partial charge in [0, 0.05) is 18.6 Å². The summed E-state index contributed by atoms with van der Waals surface area (Å²) in [6.07, 6.45) is 3.11. The Labute approximate surface area is 121 Å². The minimum atomic E-state index is -0.317. The fourth-order valence-corrected chi connectivity index (χ4v) is 2.36. The molecular weight excluding hydrogens is 255 g/mol. The van der Waals surface area contributed by atoms with E-state index in [2.05, 4.69) is 38.0 Å². The van der Waals surface area contributed by atoms with Crippen molar-refractivity contribution in [3.8, 4) is 0 Å². The standard InChI is InChI=1S/C16H27FN2O/c1-5-16(6-2,11-20)10-19-15(12(3)4)14-8-7-13(17)9-18-14/h7-9,12,15,19-20H,5-6,10-11H2,1-4H3. The maximum absolute atomic E-state index is 13.0. The summed E-state index contributed by atoms with van der Waals surface area (Å²) >= 11 is 0. The summed E-state index contributed by atoms with van der Waals surface area (Å²) in [5, 5.41) is 13.1. The number of hydrogen-bond donors (Lipinski definition) is 2. The van der Waals surface area contributed by atoms with Crippen molar-refractivity contribution < 1.29 is 9.50 Å². The normalized spacial score (nSPS) is 13.8. The van der Waals surface area contributed by atoms with E-state index >= 15 is 0 Å². The first kappa shape index (κ1) is 17.1. The lowest BCUT2D eigenvalue weighted by Gasteiger charge is -2.33. The van der Waals surface area contributed by atoms with Crippen molar-refractivity contribution in [3.05, 3.63) is 29.8 Å². The molecule has 0 saturated heterocycles. The van der Waals surface area contributed by atoms with Crippen molar-refractivity contribution in [1.29, 1.82) is 0 Å². The fourth-order valence-electron chi connectivity index (χ4n) is 2.36. The molecule has 1 unspecified atom stereocenters. The molecule has 0 aliphatic rings. The minimum Gasteiger partial charge on any atom is -0.396 e. The topological polar surface area (TPSA) is 45.1 Å². The second-order valence-corrected chi connectivity index (χ2v) is 5.87. The van der Waals surface area contributed by atoms with E-state index in [1.54, 1.807) is 6.07 Å². The summed E-state index contributed by atoms with van der Waals surface area (Å²) in [6, 6.07) is 3.24. The predicted octanol–water partition coefficient (Wildman–Crippen LogP) is 3.31. The molecule has 114 valence electrons. The van der Waals surface area contributed by atoms with E-state index in [1.807, 2.05) is 0 Å². The van der Waals surface area contributed by atoms with E-state index in [9.17, 15) is 9.50 Å². The van der Waals surface area contributed by atoms with Crippen LogP contribution in [0.1, 0.15) is 52.3 Å². The highest BCUT2D eigenvalue weighted by molar-refractivity contribution is 5.10. The van der Waals surface area contributed by atoms with Gasteiger partial charge in [0.1, 0.15) is 5.82 Å². The number of rotatable bonds is 8. The lowest BCUT2D eigenvalue weighted by molar-refractivity contribution is 0.107. The maximum atomic E-state index is 13.0. The Morgan fingerprint density at radius 1 is 1.30 bits per heavy atom. The number of nitrogens with zero attached hydrogens (tertiary/aromatic N) is 1. The van der Waals surface area contributed by atoms with Crippen LogP contribution in [0.4, 0.5) is 4.39 Å². The van der Waals surface area contributed by atoms with Crippen molar-refractivity contribution in [2.45, 2.75) is 46.6 Å². The summed E-state index contributed by atoms with van der Waals surface area (Å²) in [6.45, 7) is 9.33. The number of nitrogens with one attached hydrogen (secondary N) is 1. The first-order chi connectivity index (χ1) is 9.48. The molecule has 0 aliphatic heterocycles. The smallest absolute Gasteiger partial charge is 0.141 e. The zero-order valence-corrected chi connectivity index (χ0v) is 13.0. The molecule has 0 saturated carbocycles. The van der Waals surface area contributed by atoms with Crippen LogP contribution in [0.3, 0.4) is 0 Å². The molecular formula is C16H27FN2O. The van der Waals surface area contributed by atoms with Gasteiger partial charge in [-0.1, -0.05) is 27.7 Å². The molecule has 2 N–H and O–H groups in total. The van der Waals surface area contributed by atoms with E-state index in [4.69, 9.17) is 0 Å². The minimum absolute atomic E-state index is 0.0691. The lowest BCUT2D eigenvalue weighted by Crippen LogP contribution is -2.39. The fraction of sp³-hybridized carbons (Fsp3) is 0.688. The molecule has 0 amide bonds. The van der Waals surface area contributed by atoms with Crippen LogP contribution in [-0.2, 0) is 0 Å². The monoisotopic (exact) mass is 282 g/mol. The second kappa shape index (κ2) is 7.70. The van der Waals surface area contributed by atoms with Gasteiger partial charge in [-0.15, -0.1) is 0 Å². The van der Waals surface area contributed by atoms with Crippen LogP contribution in [-0.4, -0.2) is 23.2 Å². The highest BCUT2D eigenvalue weighted by atomic mass is 19.1. The van der Waals surface area contributed by atoms with Crippen LogP contribution in [0, 0.1) is 17.2 Å². The van der Waals surface area contributed by atoms with Crippen LogP contribution in [0.25, 0.3) is 0 Å². The predicted molar refractivity (Wildman–Crippen MR) is 79.9 cm³/mol. The molecule has 1 heterocycles. The van der Waals surface area contributed by atoms with Crippen molar-refractivity contribution in [3.63, 3.8) is 0 Å². The molecule has 1 aromatic rings. The van der Waals surface area contributed by atoms with Gasteiger partial charge in [0.2, 0.25) is 0 Å². The molecule has 0 spiro atoms. The average Bonchev–Trinajstić information content (AvgIpc) is 2.45. The third kappa shape index (κ3) is 4.25. The molecule has 0 aromatic carbocycles. The molecule has 0 radical (unpaired) electrons. The van der Waals surface area contributed by atoms with Crippen LogP contribution in [0.15, 0.2) is 18.3 Å². The first-order valence-electron chi connectivity index (χ1n) is 7.43. The van der Waals surface area contributed by atoms with Gasteiger partial charge >= 0.3 is 0 Å². The Hall–Kier alpha value is -1.00. The first-order valence-corrected chi connectivity index (χ1v) is 7.43. The van der Waals surface area contributed by atoms with Gasteiger partial charge in [0.25, 0.3) is 0 Å². The summed E-state index contributed by atoms with van der Waals surface area (Å²) in [5.74, 6) is 0.0288. The number of halogens is 1. The Bertz CT molecular complexity index is 380. The summed E-state index contributed by atoms with van der Waals surface area (Å²) in [5.41, 5.74) is 0.758. The molecule has 4 heteroatoms. The summed E-state index contributed by atoms with van der Waals surface area (Å²) < 4.78 is 13.0. The van der Waals surface area contributed by atoms with E-state index in [1.165, 1.54) is 12.3 Å². The van der Waals surface area contributed by atoms with Gasteiger partial charge in [0.05, 0.1) is 17.9 Å². The number of hydrogen-bond acceptors (Lipinski definition) is 3. The van der Waals surface area contributed by atoms with Crippen LogP contribution in [0.2, 0.25) is 0 Å². The molecule has 1 aromatic heterocycles. The second-order valence-electron chi connectivity index (χ2n) is 5.87. The maximum Gasteiger partial charge on any atom is 0.141 e. The number of pyridine rings is 1. The highest BCUT2D eigenvalue weighted by Gasteiger charge is 2.27. The summed E-state index contributed by atoms with van der Waals surface area (Å²) in [4.78, 5) is 4.18. The number of aromatic nitrogens is 1. The summed E-state index contributed by atoms with van der Waals surface area (Å²) in [7, 11) is 0. The van der Waals surface area contributed by atoms with Gasteiger partial charge in [-0.2, -0.15) is 0 Å². The number of aliphatic hydroxyl groups is 1.